The zero-order chi connectivity index (χ0) is 14.9. The zero-order valence-electron chi connectivity index (χ0n) is 12.6. The molecule has 1 atom stereocenters. The largest absolute Gasteiger partial charge is 0.358 e. The van der Waals surface area contributed by atoms with Crippen LogP contribution in [0.3, 0.4) is 0 Å². The number of nitrogens with one attached hydrogen (secondary N) is 3. The van der Waals surface area contributed by atoms with Crippen molar-refractivity contribution in [2.45, 2.75) is 38.3 Å². The minimum absolute atomic E-state index is 0.0462. The number of carbonyl (C=O) groups excluding carboxylic acids is 1. The van der Waals surface area contributed by atoms with Crippen molar-refractivity contribution in [2.75, 3.05) is 6.54 Å². The highest BCUT2D eigenvalue weighted by atomic mass is 16.2. The SMILES string of the molecule is O=C(NCc1ccc2[nH]c3c(c2c1)CCCC3)C1C=CCN1. The lowest BCUT2D eigenvalue weighted by Gasteiger charge is -2.12. The third-order valence-corrected chi connectivity index (χ3v) is 4.70. The Balaban J connectivity index is 1.52. The molecule has 1 amide bonds. The summed E-state index contributed by atoms with van der Waals surface area (Å²) in [6.07, 6.45) is 8.80. The number of fused-ring (bicyclic) bond motifs is 3. The van der Waals surface area contributed by atoms with Crippen molar-refractivity contribution < 1.29 is 4.79 Å². The third kappa shape index (κ3) is 2.44. The molecule has 0 spiro atoms. The maximum absolute atomic E-state index is 12.0. The van der Waals surface area contributed by atoms with E-state index in [2.05, 4.69) is 33.8 Å². The minimum Gasteiger partial charge on any atom is -0.358 e. The second-order valence-electron chi connectivity index (χ2n) is 6.20. The average Bonchev–Trinajstić information content (AvgIpc) is 3.20. The van der Waals surface area contributed by atoms with E-state index >= 15 is 0 Å². The summed E-state index contributed by atoms with van der Waals surface area (Å²) < 4.78 is 0. The molecule has 0 bridgehead atoms. The smallest absolute Gasteiger partial charge is 0.241 e. The molecule has 2 aliphatic rings. The highest BCUT2D eigenvalue weighted by Crippen LogP contribution is 2.29. The molecule has 22 heavy (non-hydrogen) atoms. The normalized spacial score (nSPS) is 20.3. The van der Waals surface area contributed by atoms with Gasteiger partial charge in [0.1, 0.15) is 6.04 Å². The van der Waals surface area contributed by atoms with Gasteiger partial charge in [0.15, 0.2) is 0 Å². The Morgan fingerprint density at radius 3 is 3.05 bits per heavy atom. The van der Waals surface area contributed by atoms with Gasteiger partial charge >= 0.3 is 0 Å². The van der Waals surface area contributed by atoms with Crippen molar-refractivity contribution in [3.05, 3.63) is 47.2 Å². The predicted molar refractivity (Wildman–Crippen MR) is 87.7 cm³/mol. The van der Waals surface area contributed by atoms with Gasteiger partial charge in [-0.1, -0.05) is 18.2 Å². The summed E-state index contributed by atoms with van der Waals surface area (Å²) in [6, 6.07) is 6.29. The van der Waals surface area contributed by atoms with E-state index in [9.17, 15) is 4.79 Å². The predicted octanol–water partition coefficient (Wildman–Crippen LogP) is 2.19. The van der Waals surface area contributed by atoms with Gasteiger partial charge in [0.2, 0.25) is 5.91 Å². The maximum Gasteiger partial charge on any atom is 0.241 e. The lowest BCUT2D eigenvalue weighted by molar-refractivity contribution is -0.122. The van der Waals surface area contributed by atoms with Crippen LogP contribution in [0.4, 0.5) is 0 Å². The number of benzene rings is 1. The van der Waals surface area contributed by atoms with E-state index in [1.54, 1.807) is 0 Å². The molecule has 0 fully saturated rings. The lowest BCUT2D eigenvalue weighted by Crippen LogP contribution is -2.40. The number of rotatable bonds is 3. The molecular weight excluding hydrogens is 274 g/mol. The first-order valence-electron chi connectivity index (χ1n) is 8.11. The van der Waals surface area contributed by atoms with Crippen LogP contribution in [0.2, 0.25) is 0 Å². The molecule has 114 valence electrons. The monoisotopic (exact) mass is 295 g/mol. The molecule has 4 rings (SSSR count). The number of hydrogen-bond donors (Lipinski definition) is 3. The Morgan fingerprint density at radius 2 is 2.18 bits per heavy atom. The van der Waals surface area contributed by atoms with Gasteiger partial charge < -0.3 is 10.3 Å². The highest BCUT2D eigenvalue weighted by Gasteiger charge is 2.18. The molecule has 3 N–H and O–H groups in total. The summed E-state index contributed by atoms with van der Waals surface area (Å²) >= 11 is 0. The van der Waals surface area contributed by atoms with Gasteiger partial charge in [0.05, 0.1) is 0 Å². The fourth-order valence-corrected chi connectivity index (χ4v) is 3.51. The van der Waals surface area contributed by atoms with Crippen molar-refractivity contribution >= 4 is 16.8 Å². The van der Waals surface area contributed by atoms with E-state index in [0.29, 0.717) is 6.54 Å². The van der Waals surface area contributed by atoms with Crippen LogP contribution >= 0.6 is 0 Å². The zero-order valence-corrected chi connectivity index (χ0v) is 12.6. The first kappa shape index (κ1) is 13.6. The summed E-state index contributed by atoms with van der Waals surface area (Å²) in [5.41, 5.74) is 5.27. The molecule has 4 heteroatoms. The second-order valence-corrected chi connectivity index (χ2v) is 6.20. The maximum atomic E-state index is 12.0. The molecule has 0 saturated carbocycles. The first-order valence-corrected chi connectivity index (χ1v) is 8.11. The van der Waals surface area contributed by atoms with Gasteiger partial charge in [-0.25, -0.2) is 0 Å². The number of amides is 1. The molecule has 1 aromatic carbocycles. The standard InChI is InChI=1S/C18H21N3O/c22-18(17-6-3-9-19-17)20-11-12-7-8-16-14(10-12)13-4-1-2-5-15(13)21-16/h3,6-8,10,17,19,21H,1-2,4-5,9,11H2,(H,20,22). The molecule has 1 aliphatic carbocycles. The molecular formula is C18H21N3O. The van der Waals surface area contributed by atoms with Gasteiger partial charge in [-0.05, 0) is 48.9 Å². The highest BCUT2D eigenvalue weighted by molar-refractivity contribution is 5.86. The quantitative estimate of drug-likeness (QED) is 0.760. The molecule has 1 unspecified atom stereocenters. The van der Waals surface area contributed by atoms with E-state index in [1.807, 2.05) is 12.2 Å². The van der Waals surface area contributed by atoms with Gasteiger partial charge in [-0.15, -0.1) is 0 Å². The second kappa shape index (κ2) is 5.61. The van der Waals surface area contributed by atoms with Crippen molar-refractivity contribution in [3.8, 4) is 0 Å². The van der Waals surface area contributed by atoms with Gasteiger partial charge in [-0.2, -0.15) is 0 Å². The number of carbonyl (C=O) groups is 1. The molecule has 1 aromatic heterocycles. The third-order valence-electron chi connectivity index (χ3n) is 4.70. The number of aromatic amines is 1. The summed E-state index contributed by atoms with van der Waals surface area (Å²) in [7, 11) is 0. The van der Waals surface area contributed by atoms with Crippen LogP contribution in [-0.2, 0) is 24.2 Å². The van der Waals surface area contributed by atoms with Crippen LogP contribution in [0.5, 0.6) is 0 Å². The van der Waals surface area contributed by atoms with Gasteiger partial charge in [0.25, 0.3) is 0 Å². The minimum atomic E-state index is -0.177. The van der Waals surface area contributed by atoms with Crippen molar-refractivity contribution in [1.29, 1.82) is 0 Å². The van der Waals surface area contributed by atoms with Crippen LogP contribution in [0.25, 0.3) is 10.9 Å². The Labute approximate surface area is 130 Å². The van der Waals surface area contributed by atoms with Gasteiger partial charge in [-0.3, -0.25) is 10.1 Å². The van der Waals surface area contributed by atoms with E-state index in [0.717, 1.165) is 18.5 Å². The molecule has 1 aliphatic heterocycles. The summed E-state index contributed by atoms with van der Waals surface area (Å²) in [6.45, 7) is 1.36. The summed E-state index contributed by atoms with van der Waals surface area (Å²) in [5.74, 6) is 0.0462. The Hall–Kier alpha value is -2.07. The van der Waals surface area contributed by atoms with Crippen LogP contribution in [0, 0.1) is 0 Å². The van der Waals surface area contributed by atoms with E-state index < -0.39 is 0 Å². The van der Waals surface area contributed by atoms with E-state index in [-0.39, 0.29) is 11.9 Å². The van der Waals surface area contributed by atoms with Crippen LogP contribution in [-0.4, -0.2) is 23.5 Å². The van der Waals surface area contributed by atoms with Crippen LogP contribution < -0.4 is 10.6 Å². The lowest BCUT2D eigenvalue weighted by atomic mass is 9.95. The van der Waals surface area contributed by atoms with Crippen molar-refractivity contribution in [2.24, 2.45) is 0 Å². The fraction of sp³-hybridized carbons (Fsp3) is 0.389. The van der Waals surface area contributed by atoms with Crippen LogP contribution in [0.1, 0.15) is 29.7 Å². The fourth-order valence-electron chi connectivity index (χ4n) is 3.51. The Morgan fingerprint density at radius 1 is 1.27 bits per heavy atom. The summed E-state index contributed by atoms with van der Waals surface area (Å²) in [4.78, 5) is 15.6. The first-order chi connectivity index (χ1) is 10.8. The average molecular weight is 295 g/mol. The molecule has 4 nitrogen and oxygen atoms in total. The topological polar surface area (TPSA) is 56.9 Å². The number of aryl methyl sites for hydroxylation is 2. The number of hydrogen-bond acceptors (Lipinski definition) is 2. The van der Waals surface area contributed by atoms with Crippen LogP contribution in [0.15, 0.2) is 30.4 Å². The molecule has 2 aromatic rings. The van der Waals surface area contributed by atoms with Crippen molar-refractivity contribution in [3.63, 3.8) is 0 Å². The van der Waals surface area contributed by atoms with E-state index in [1.165, 1.54) is 41.4 Å². The Bertz CT molecular complexity index is 744. The summed E-state index contributed by atoms with van der Waals surface area (Å²) in [5, 5.41) is 7.48. The van der Waals surface area contributed by atoms with Gasteiger partial charge in [0, 0.05) is 29.7 Å². The Kier molecular flexibility index (Phi) is 3.47. The van der Waals surface area contributed by atoms with E-state index in [4.69, 9.17) is 0 Å². The number of aromatic nitrogens is 1. The molecule has 0 saturated heterocycles. The molecule has 0 radical (unpaired) electrons. The number of H-pyrrole nitrogens is 1. The van der Waals surface area contributed by atoms with Crippen molar-refractivity contribution in [1.82, 2.24) is 15.6 Å². The molecule has 2 heterocycles.